The van der Waals surface area contributed by atoms with Crippen LogP contribution in [-0.4, -0.2) is 117 Å². The van der Waals surface area contributed by atoms with E-state index in [1.165, 1.54) is 27.7 Å². The lowest BCUT2D eigenvalue weighted by molar-refractivity contribution is -0.262. The topological polar surface area (TPSA) is 198 Å². The first-order valence-corrected chi connectivity index (χ1v) is 28.7. The van der Waals surface area contributed by atoms with E-state index in [9.17, 15) is 82.9 Å². The van der Waals surface area contributed by atoms with Crippen LogP contribution in [0, 0.1) is 22.7 Å². The van der Waals surface area contributed by atoms with Gasteiger partial charge < -0.3 is 38.6 Å². The molecule has 6 atom stereocenters. The molecule has 2 aliphatic rings. The molecular formula is C60H98F10O14. The monoisotopic (exact) mass is 1230 g/mol. The predicted octanol–water partition coefficient (Wildman–Crippen LogP) is 15.0. The SMILES string of the molecule is C=C(C)C(=O)OC(CC(C)C)CC(C)(O)C(F)(F)F.C=C(C)C(=O)OC(CC)C(F)(F)C(=O)OC1(C)CCCC1.CCC(C)(C)C(=O)OC(CC(C)C)CC(C)(O)C(F)(F)F.CCC(OC(=O)C(C)(C)CC)C(F)(F)C(=O)OC1(C)CCCC1. The van der Waals surface area contributed by atoms with Crippen LogP contribution >= 0.6 is 0 Å². The fourth-order valence-electron chi connectivity index (χ4n) is 8.01. The number of esters is 6. The highest BCUT2D eigenvalue weighted by Crippen LogP contribution is 2.40. The zero-order valence-electron chi connectivity index (χ0n) is 52.8. The molecule has 24 heteroatoms. The number of carbonyl (C=O) groups excluding carboxylic acids is 6. The molecule has 2 saturated carbocycles. The van der Waals surface area contributed by atoms with E-state index >= 15 is 0 Å². The minimum atomic E-state index is -4.77. The summed E-state index contributed by atoms with van der Waals surface area (Å²) >= 11 is 0. The van der Waals surface area contributed by atoms with Crippen LogP contribution in [0.25, 0.3) is 0 Å². The number of ether oxygens (including phenoxy) is 6. The summed E-state index contributed by atoms with van der Waals surface area (Å²) < 4.78 is 163. The van der Waals surface area contributed by atoms with Crippen molar-refractivity contribution in [2.45, 2.75) is 298 Å². The van der Waals surface area contributed by atoms with Crippen molar-refractivity contribution in [1.82, 2.24) is 0 Å². The highest BCUT2D eigenvalue weighted by molar-refractivity contribution is 5.88. The molecule has 2 fully saturated rings. The Morgan fingerprint density at radius 3 is 1.01 bits per heavy atom. The fraction of sp³-hybridized carbons (Fsp3) is 0.833. The second-order valence-corrected chi connectivity index (χ2v) is 25.2. The predicted molar refractivity (Wildman–Crippen MR) is 295 cm³/mol. The molecule has 492 valence electrons. The van der Waals surface area contributed by atoms with Gasteiger partial charge in [0, 0.05) is 24.0 Å². The summed E-state index contributed by atoms with van der Waals surface area (Å²) in [7, 11) is 0. The number of hydrogen-bond acceptors (Lipinski definition) is 14. The van der Waals surface area contributed by atoms with Gasteiger partial charge in [-0.05, 0) is 171 Å². The molecule has 84 heavy (non-hydrogen) atoms. The van der Waals surface area contributed by atoms with Gasteiger partial charge in [-0.15, -0.1) is 0 Å². The third kappa shape index (κ3) is 27.1. The Labute approximate surface area is 491 Å². The number of carbonyl (C=O) groups is 6. The van der Waals surface area contributed by atoms with Crippen LogP contribution in [0.1, 0.15) is 227 Å². The molecular weight excluding hydrogens is 1130 g/mol. The van der Waals surface area contributed by atoms with Gasteiger partial charge in [0.25, 0.3) is 0 Å². The van der Waals surface area contributed by atoms with Crippen LogP contribution < -0.4 is 0 Å². The van der Waals surface area contributed by atoms with Gasteiger partial charge in [-0.1, -0.05) is 68.5 Å². The quantitative estimate of drug-likeness (QED) is 0.0359. The maximum absolute atomic E-state index is 14.4. The number of alkyl halides is 10. The van der Waals surface area contributed by atoms with Crippen molar-refractivity contribution >= 4 is 35.8 Å². The largest absolute Gasteiger partial charge is 0.462 e. The van der Waals surface area contributed by atoms with Crippen molar-refractivity contribution in [3.8, 4) is 0 Å². The Kier molecular flexibility index (Phi) is 32.1. The minimum Gasteiger partial charge on any atom is -0.462 e. The van der Waals surface area contributed by atoms with Gasteiger partial charge in [-0.2, -0.15) is 43.9 Å². The molecule has 0 saturated heterocycles. The average molecular weight is 1230 g/mol. The molecule has 6 unspecified atom stereocenters. The van der Waals surface area contributed by atoms with Gasteiger partial charge in [0.05, 0.1) is 10.8 Å². The van der Waals surface area contributed by atoms with E-state index < -0.39 is 131 Å². The van der Waals surface area contributed by atoms with Gasteiger partial charge in [-0.25, -0.2) is 19.2 Å². The third-order valence-electron chi connectivity index (χ3n) is 14.7. The highest BCUT2D eigenvalue weighted by Gasteiger charge is 2.56. The highest BCUT2D eigenvalue weighted by atomic mass is 19.4. The van der Waals surface area contributed by atoms with E-state index in [2.05, 4.69) is 17.9 Å². The molecule has 0 heterocycles. The molecule has 2 N–H and O–H groups in total. The zero-order chi connectivity index (χ0) is 66.6. The number of hydrogen-bond donors (Lipinski definition) is 2. The molecule has 0 amide bonds. The Bertz CT molecular complexity index is 2130. The van der Waals surface area contributed by atoms with Gasteiger partial charge in [0.15, 0.2) is 23.4 Å². The maximum Gasteiger partial charge on any atom is 0.417 e. The molecule has 2 aliphatic carbocycles. The van der Waals surface area contributed by atoms with Crippen molar-refractivity contribution in [3.05, 3.63) is 24.3 Å². The van der Waals surface area contributed by atoms with Crippen LogP contribution in [0.4, 0.5) is 43.9 Å². The summed E-state index contributed by atoms with van der Waals surface area (Å²) in [6.07, 6.45) is -9.65. The maximum atomic E-state index is 14.4. The van der Waals surface area contributed by atoms with Crippen molar-refractivity contribution in [2.75, 3.05) is 0 Å². The smallest absolute Gasteiger partial charge is 0.417 e. The lowest BCUT2D eigenvalue weighted by atomic mass is 9.89. The summed E-state index contributed by atoms with van der Waals surface area (Å²) in [5.41, 5.74) is -8.96. The Morgan fingerprint density at radius 2 is 0.750 bits per heavy atom. The number of rotatable bonds is 26. The molecule has 14 nitrogen and oxygen atoms in total. The van der Waals surface area contributed by atoms with E-state index in [-0.39, 0.29) is 48.7 Å². The van der Waals surface area contributed by atoms with E-state index in [0.717, 1.165) is 25.7 Å². The summed E-state index contributed by atoms with van der Waals surface area (Å²) in [4.78, 5) is 70.6. The van der Waals surface area contributed by atoms with Crippen LogP contribution in [0.5, 0.6) is 0 Å². The second-order valence-electron chi connectivity index (χ2n) is 25.2. The van der Waals surface area contributed by atoms with E-state index in [1.54, 1.807) is 62.3 Å². The molecule has 2 rings (SSSR count). The summed E-state index contributed by atoms with van der Waals surface area (Å²) in [5, 5.41) is 19.0. The van der Waals surface area contributed by atoms with E-state index in [0.29, 0.717) is 52.4 Å². The lowest BCUT2D eigenvalue weighted by Crippen LogP contribution is -2.48. The third-order valence-corrected chi connectivity index (χ3v) is 14.7. The first-order chi connectivity index (χ1) is 37.7. The van der Waals surface area contributed by atoms with Crippen LogP contribution in [0.3, 0.4) is 0 Å². The van der Waals surface area contributed by atoms with Gasteiger partial charge >= 0.3 is 60.0 Å². The first kappa shape index (κ1) is 81.6. The molecule has 0 bridgehead atoms. The standard InChI is InChI=1S/C17H28F2O4.C15H27F3O3.C15H22F2O4.C13H21F3O3/c1-6-12(22-13(20)15(3,4)7-2)17(18,19)14(21)23-16(5)10-8-9-11-16;1-7-13(4,5)12(19)21-11(8-10(2)3)9-14(6,20)15(16,17)18;1-5-11(20-12(18)10(2)3)15(16,17)13(19)21-14(4)8-6-7-9-14;1-8(2)6-10(19-11(17)9(3)4)7-12(5,18)13(14,15)16/h12H,6-11H2,1-5H3;10-11,20H,7-9H2,1-6H3;11H,2,5-9H2,1,3-4H3;8,10,18H,3,6-7H2,1-2,4-5H3. The van der Waals surface area contributed by atoms with Crippen molar-refractivity contribution in [2.24, 2.45) is 22.7 Å². The van der Waals surface area contributed by atoms with E-state index in [4.69, 9.17) is 23.7 Å². The fourth-order valence-corrected chi connectivity index (χ4v) is 8.01. The minimum absolute atomic E-state index is 0.000345. The van der Waals surface area contributed by atoms with E-state index in [1.807, 2.05) is 20.8 Å². The van der Waals surface area contributed by atoms with Gasteiger partial charge in [0.1, 0.15) is 23.4 Å². The number of halogens is 10. The Balaban J connectivity index is 0. The molecule has 0 spiro atoms. The van der Waals surface area contributed by atoms with Crippen molar-refractivity contribution in [3.63, 3.8) is 0 Å². The summed E-state index contributed by atoms with van der Waals surface area (Å²) in [6.45, 7) is 34.5. The van der Waals surface area contributed by atoms with Crippen LogP contribution in [0.15, 0.2) is 24.3 Å². The van der Waals surface area contributed by atoms with Crippen molar-refractivity contribution < 1.29 is 111 Å². The zero-order valence-corrected chi connectivity index (χ0v) is 52.8. The van der Waals surface area contributed by atoms with Gasteiger partial charge in [-0.3, -0.25) is 9.59 Å². The number of aliphatic hydroxyl groups is 2. The summed E-state index contributed by atoms with van der Waals surface area (Å²) in [6, 6.07) is 0. The van der Waals surface area contributed by atoms with Crippen LogP contribution in [-0.2, 0) is 57.2 Å². The molecule has 0 aliphatic heterocycles. The summed E-state index contributed by atoms with van der Waals surface area (Å²) in [5.74, 6) is -13.8. The molecule has 0 radical (unpaired) electrons. The van der Waals surface area contributed by atoms with Crippen molar-refractivity contribution in [1.29, 1.82) is 0 Å². The Hall–Kier alpha value is -4.48. The molecule has 0 aromatic rings. The second kappa shape index (κ2) is 33.0. The average Bonchev–Trinajstić information content (AvgIpc) is 4.16. The normalized spacial score (nSPS) is 18.2. The molecule has 0 aromatic heterocycles. The first-order valence-electron chi connectivity index (χ1n) is 28.7. The lowest BCUT2D eigenvalue weighted by Gasteiger charge is -2.32. The van der Waals surface area contributed by atoms with Crippen LogP contribution in [0.2, 0.25) is 0 Å². The Morgan fingerprint density at radius 1 is 0.476 bits per heavy atom. The molecule has 0 aromatic carbocycles. The van der Waals surface area contributed by atoms with Gasteiger partial charge in [0.2, 0.25) is 0 Å².